The second kappa shape index (κ2) is 11.9. The number of benzene rings is 1. The molecule has 0 spiro atoms. The van der Waals surface area contributed by atoms with E-state index in [1.807, 2.05) is 11.8 Å². The maximum absolute atomic E-state index is 5.66. The van der Waals surface area contributed by atoms with Crippen LogP contribution < -0.4 is 15.5 Å². The summed E-state index contributed by atoms with van der Waals surface area (Å²) in [5.41, 5.74) is 2.57. The number of aliphatic imine (C=N–C) groups is 1. The average molecular weight is 490 g/mol. The van der Waals surface area contributed by atoms with E-state index in [2.05, 4.69) is 46.7 Å². The van der Waals surface area contributed by atoms with Crippen molar-refractivity contribution in [1.29, 1.82) is 0 Å². The van der Waals surface area contributed by atoms with Gasteiger partial charge in [-0.05, 0) is 37.5 Å². The summed E-state index contributed by atoms with van der Waals surface area (Å²) in [6.45, 7) is 7.68. The van der Waals surface area contributed by atoms with E-state index >= 15 is 0 Å². The van der Waals surface area contributed by atoms with Crippen molar-refractivity contribution in [2.45, 2.75) is 32.4 Å². The lowest BCUT2D eigenvalue weighted by Gasteiger charge is -2.28. The number of nitrogens with zero attached hydrogens (tertiary/aromatic N) is 2. The molecule has 2 saturated heterocycles. The number of ether oxygens (including phenoxy) is 1. The van der Waals surface area contributed by atoms with E-state index in [1.165, 1.54) is 29.2 Å². The molecular formula is C19H31IN4OS. The zero-order chi connectivity index (χ0) is 17.3. The average Bonchev–Trinajstić information content (AvgIpc) is 3.19. The van der Waals surface area contributed by atoms with Gasteiger partial charge in [-0.25, -0.2) is 4.99 Å². The molecule has 2 fully saturated rings. The zero-order valence-electron chi connectivity index (χ0n) is 15.6. The molecule has 1 unspecified atom stereocenters. The summed E-state index contributed by atoms with van der Waals surface area (Å²) in [6, 6.07) is 8.86. The van der Waals surface area contributed by atoms with Crippen molar-refractivity contribution < 1.29 is 4.74 Å². The lowest BCUT2D eigenvalue weighted by Crippen LogP contribution is -2.41. The zero-order valence-corrected chi connectivity index (χ0v) is 18.7. The van der Waals surface area contributed by atoms with Gasteiger partial charge in [0.15, 0.2) is 5.96 Å². The van der Waals surface area contributed by atoms with Crippen molar-refractivity contribution >= 4 is 47.4 Å². The Labute approximate surface area is 178 Å². The Morgan fingerprint density at radius 1 is 1.23 bits per heavy atom. The number of nitrogens with one attached hydrogen (secondary N) is 2. The van der Waals surface area contributed by atoms with Crippen molar-refractivity contribution in [2.24, 2.45) is 4.99 Å². The molecule has 3 rings (SSSR count). The van der Waals surface area contributed by atoms with Crippen LogP contribution >= 0.6 is 35.7 Å². The topological polar surface area (TPSA) is 48.9 Å². The highest BCUT2D eigenvalue weighted by molar-refractivity contribution is 14.0. The molecule has 0 aliphatic carbocycles. The summed E-state index contributed by atoms with van der Waals surface area (Å²) in [5, 5.41) is 6.71. The van der Waals surface area contributed by atoms with Gasteiger partial charge in [0, 0.05) is 50.0 Å². The first-order valence-electron chi connectivity index (χ1n) is 9.40. The van der Waals surface area contributed by atoms with E-state index in [9.17, 15) is 0 Å². The molecular weight excluding hydrogens is 459 g/mol. The summed E-state index contributed by atoms with van der Waals surface area (Å²) in [6.07, 6.45) is 2.64. The van der Waals surface area contributed by atoms with Crippen molar-refractivity contribution in [3.63, 3.8) is 0 Å². The number of guanidine groups is 1. The number of rotatable bonds is 6. The highest BCUT2D eigenvalue weighted by Crippen LogP contribution is 2.20. The van der Waals surface area contributed by atoms with Gasteiger partial charge in [0.05, 0.1) is 12.6 Å². The Morgan fingerprint density at radius 2 is 2.00 bits per heavy atom. The SMILES string of the molecule is CCNC(=NCc1ccc(N2CCSCC2)cc1)NCC1CCCO1.I. The lowest BCUT2D eigenvalue weighted by atomic mass is 10.2. The first-order chi connectivity index (χ1) is 12.3. The third-order valence-electron chi connectivity index (χ3n) is 4.60. The molecule has 0 radical (unpaired) electrons. The monoisotopic (exact) mass is 490 g/mol. The number of thioether (sulfide) groups is 1. The first kappa shape index (κ1) is 21.6. The predicted octanol–water partition coefficient (Wildman–Crippen LogP) is 3.09. The molecule has 7 heteroatoms. The minimum atomic E-state index is 0. The van der Waals surface area contributed by atoms with E-state index in [0.717, 1.165) is 45.2 Å². The molecule has 0 saturated carbocycles. The molecule has 2 N–H and O–H groups in total. The largest absolute Gasteiger partial charge is 0.376 e. The third-order valence-corrected chi connectivity index (χ3v) is 5.54. The van der Waals surface area contributed by atoms with Crippen LogP contribution in [0.2, 0.25) is 0 Å². The van der Waals surface area contributed by atoms with Crippen LogP contribution in [-0.2, 0) is 11.3 Å². The summed E-state index contributed by atoms with van der Waals surface area (Å²) in [4.78, 5) is 7.18. The second-order valence-electron chi connectivity index (χ2n) is 6.48. The van der Waals surface area contributed by atoms with Gasteiger partial charge in [0.2, 0.25) is 0 Å². The Bertz CT molecular complexity index is 543. The standard InChI is InChI=1S/C19H30N4OS.HI/c1-2-20-19(22-15-18-4-3-11-24-18)21-14-16-5-7-17(8-6-16)23-9-12-25-13-10-23;/h5-8,18H,2-4,9-15H2,1H3,(H2,20,21,22);1H. The minimum absolute atomic E-state index is 0. The fourth-order valence-corrected chi connectivity index (χ4v) is 4.06. The molecule has 26 heavy (non-hydrogen) atoms. The molecule has 1 aromatic carbocycles. The highest BCUT2D eigenvalue weighted by atomic mass is 127. The van der Waals surface area contributed by atoms with Gasteiger partial charge in [0.1, 0.15) is 0 Å². The van der Waals surface area contributed by atoms with Crippen molar-refractivity contribution in [3.8, 4) is 0 Å². The Hall–Kier alpha value is -0.670. The van der Waals surface area contributed by atoms with E-state index in [0.29, 0.717) is 12.6 Å². The number of hydrogen-bond acceptors (Lipinski definition) is 4. The smallest absolute Gasteiger partial charge is 0.191 e. The maximum atomic E-state index is 5.66. The van der Waals surface area contributed by atoms with Crippen LogP contribution in [0.5, 0.6) is 0 Å². The highest BCUT2D eigenvalue weighted by Gasteiger charge is 2.15. The van der Waals surface area contributed by atoms with Gasteiger partial charge in [-0.15, -0.1) is 24.0 Å². The Morgan fingerprint density at radius 3 is 2.65 bits per heavy atom. The lowest BCUT2D eigenvalue weighted by molar-refractivity contribution is 0.114. The molecule has 0 aromatic heterocycles. The Balaban J connectivity index is 0.00000243. The third kappa shape index (κ3) is 6.81. The van der Waals surface area contributed by atoms with Gasteiger partial charge in [0.25, 0.3) is 0 Å². The van der Waals surface area contributed by atoms with Gasteiger partial charge in [-0.2, -0.15) is 11.8 Å². The quantitative estimate of drug-likeness (QED) is 0.365. The fourth-order valence-electron chi connectivity index (χ4n) is 3.16. The van der Waals surface area contributed by atoms with Crippen LogP contribution in [0.3, 0.4) is 0 Å². The molecule has 2 heterocycles. The van der Waals surface area contributed by atoms with Crippen molar-refractivity contribution in [1.82, 2.24) is 10.6 Å². The molecule has 0 amide bonds. The van der Waals surface area contributed by atoms with Crippen LogP contribution in [0.15, 0.2) is 29.3 Å². The van der Waals surface area contributed by atoms with Crippen LogP contribution in [0, 0.1) is 0 Å². The van der Waals surface area contributed by atoms with Gasteiger partial charge in [-0.3, -0.25) is 0 Å². The van der Waals surface area contributed by atoms with E-state index in [-0.39, 0.29) is 24.0 Å². The molecule has 2 aliphatic heterocycles. The summed E-state index contributed by atoms with van der Waals surface area (Å²) in [5.74, 6) is 3.33. The molecule has 146 valence electrons. The number of anilines is 1. The van der Waals surface area contributed by atoms with Crippen LogP contribution in [0.1, 0.15) is 25.3 Å². The van der Waals surface area contributed by atoms with E-state index in [4.69, 9.17) is 9.73 Å². The first-order valence-corrected chi connectivity index (χ1v) is 10.6. The molecule has 0 bridgehead atoms. The summed E-state index contributed by atoms with van der Waals surface area (Å²) >= 11 is 2.04. The molecule has 1 atom stereocenters. The van der Waals surface area contributed by atoms with E-state index < -0.39 is 0 Å². The molecule has 5 nitrogen and oxygen atoms in total. The molecule has 1 aromatic rings. The number of hydrogen-bond donors (Lipinski definition) is 2. The maximum Gasteiger partial charge on any atom is 0.191 e. The predicted molar refractivity (Wildman–Crippen MR) is 123 cm³/mol. The van der Waals surface area contributed by atoms with Crippen LogP contribution in [0.25, 0.3) is 0 Å². The van der Waals surface area contributed by atoms with Crippen molar-refractivity contribution in [2.75, 3.05) is 49.2 Å². The second-order valence-corrected chi connectivity index (χ2v) is 7.70. The minimum Gasteiger partial charge on any atom is -0.376 e. The van der Waals surface area contributed by atoms with Crippen LogP contribution in [0.4, 0.5) is 5.69 Å². The number of halogens is 1. The fraction of sp³-hybridized carbons (Fsp3) is 0.632. The molecule has 2 aliphatic rings. The van der Waals surface area contributed by atoms with Gasteiger partial charge in [-0.1, -0.05) is 12.1 Å². The van der Waals surface area contributed by atoms with E-state index in [1.54, 1.807) is 0 Å². The normalized spacial score (nSPS) is 20.6. The van der Waals surface area contributed by atoms with Crippen molar-refractivity contribution in [3.05, 3.63) is 29.8 Å². The summed E-state index contributed by atoms with van der Waals surface area (Å²) < 4.78 is 5.66. The van der Waals surface area contributed by atoms with Crippen LogP contribution in [-0.4, -0.2) is 56.4 Å². The Kier molecular flexibility index (Phi) is 9.92. The summed E-state index contributed by atoms with van der Waals surface area (Å²) in [7, 11) is 0. The van der Waals surface area contributed by atoms with Gasteiger partial charge >= 0.3 is 0 Å². The van der Waals surface area contributed by atoms with Gasteiger partial charge < -0.3 is 20.3 Å².